The van der Waals surface area contributed by atoms with E-state index in [-0.39, 0.29) is 18.6 Å². The lowest BCUT2D eigenvalue weighted by atomic mass is 10.1. The van der Waals surface area contributed by atoms with E-state index in [0.717, 1.165) is 22.6 Å². The highest BCUT2D eigenvalue weighted by Gasteiger charge is 2.11. The van der Waals surface area contributed by atoms with E-state index in [9.17, 15) is 4.79 Å². The van der Waals surface area contributed by atoms with E-state index in [2.05, 4.69) is 10.4 Å². The van der Waals surface area contributed by atoms with Crippen molar-refractivity contribution in [1.82, 2.24) is 15.1 Å². The molecule has 2 N–H and O–H groups in total. The zero-order valence-corrected chi connectivity index (χ0v) is 13.8. The second-order valence-corrected chi connectivity index (χ2v) is 5.59. The molecule has 1 atom stereocenters. The van der Waals surface area contributed by atoms with Crippen molar-refractivity contribution < 1.29 is 9.90 Å². The lowest BCUT2D eigenvalue weighted by Gasteiger charge is -2.09. The van der Waals surface area contributed by atoms with Crippen LogP contribution in [0.2, 0.25) is 0 Å². The molecule has 5 heteroatoms. The van der Waals surface area contributed by atoms with Gasteiger partial charge in [-0.2, -0.15) is 5.10 Å². The molecule has 0 aliphatic carbocycles. The number of aliphatic hydroxyl groups excluding tert-OH is 1. The van der Waals surface area contributed by atoms with Crippen LogP contribution in [-0.4, -0.2) is 33.4 Å². The van der Waals surface area contributed by atoms with Gasteiger partial charge in [-0.15, -0.1) is 0 Å². The number of rotatable bonds is 6. The van der Waals surface area contributed by atoms with Crippen LogP contribution in [0, 0.1) is 13.8 Å². The largest absolute Gasteiger partial charge is 0.396 e. The number of amides is 1. The van der Waals surface area contributed by atoms with Crippen LogP contribution in [0.1, 0.15) is 30.3 Å². The molecule has 0 saturated heterocycles. The number of benzene rings is 1. The third-order valence-corrected chi connectivity index (χ3v) is 3.70. The molecule has 1 aromatic heterocycles. The molecule has 0 aliphatic rings. The van der Waals surface area contributed by atoms with Crippen molar-refractivity contribution in [2.24, 2.45) is 0 Å². The predicted octanol–water partition coefficient (Wildman–Crippen LogP) is 2.39. The van der Waals surface area contributed by atoms with Gasteiger partial charge in [0.05, 0.1) is 11.4 Å². The monoisotopic (exact) mass is 313 g/mol. The van der Waals surface area contributed by atoms with Crippen LogP contribution in [0.15, 0.2) is 36.4 Å². The van der Waals surface area contributed by atoms with E-state index in [1.165, 1.54) is 6.08 Å². The summed E-state index contributed by atoms with van der Waals surface area (Å²) < 4.78 is 1.88. The van der Waals surface area contributed by atoms with E-state index in [1.807, 2.05) is 55.8 Å². The van der Waals surface area contributed by atoms with Crippen molar-refractivity contribution in [2.75, 3.05) is 6.61 Å². The summed E-state index contributed by atoms with van der Waals surface area (Å²) in [6.07, 6.45) is 3.85. The maximum Gasteiger partial charge on any atom is 0.244 e. The van der Waals surface area contributed by atoms with Crippen LogP contribution in [0.5, 0.6) is 0 Å². The highest BCUT2D eigenvalue weighted by molar-refractivity contribution is 5.92. The average Bonchev–Trinajstić information content (AvgIpc) is 2.81. The van der Waals surface area contributed by atoms with E-state index in [0.29, 0.717) is 6.42 Å². The molecule has 23 heavy (non-hydrogen) atoms. The summed E-state index contributed by atoms with van der Waals surface area (Å²) in [5, 5.41) is 16.2. The number of hydrogen-bond donors (Lipinski definition) is 2. The van der Waals surface area contributed by atoms with Crippen LogP contribution in [0.4, 0.5) is 0 Å². The van der Waals surface area contributed by atoms with Crippen molar-refractivity contribution in [2.45, 2.75) is 33.2 Å². The second-order valence-electron chi connectivity index (χ2n) is 5.59. The maximum atomic E-state index is 11.9. The lowest BCUT2D eigenvalue weighted by Crippen LogP contribution is -2.31. The molecular weight excluding hydrogens is 290 g/mol. The molecule has 0 saturated carbocycles. The van der Waals surface area contributed by atoms with Crippen molar-refractivity contribution >= 4 is 12.0 Å². The predicted molar refractivity (Wildman–Crippen MR) is 91.4 cm³/mol. The van der Waals surface area contributed by atoms with E-state index in [1.54, 1.807) is 6.08 Å². The Hall–Kier alpha value is -2.40. The smallest absolute Gasteiger partial charge is 0.244 e. The minimum absolute atomic E-state index is 0.0496. The minimum atomic E-state index is -0.169. The highest BCUT2D eigenvalue weighted by Crippen LogP contribution is 2.19. The van der Waals surface area contributed by atoms with Gasteiger partial charge < -0.3 is 10.4 Å². The number of hydrogen-bond acceptors (Lipinski definition) is 3. The fourth-order valence-electron chi connectivity index (χ4n) is 2.43. The normalized spacial score (nSPS) is 12.5. The molecule has 0 radical (unpaired) electrons. The number of nitrogens with zero attached hydrogens (tertiary/aromatic N) is 2. The van der Waals surface area contributed by atoms with Crippen molar-refractivity contribution in [3.05, 3.63) is 53.4 Å². The van der Waals surface area contributed by atoms with Crippen molar-refractivity contribution in [3.63, 3.8) is 0 Å². The minimum Gasteiger partial charge on any atom is -0.396 e. The standard InChI is InChI=1S/C18H23N3O2/c1-13(11-12-22)19-18(23)10-9-17-14(2)20-21(15(17)3)16-7-5-4-6-8-16/h4-10,13,22H,11-12H2,1-3H3,(H,19,23)/b10-9+. The zero-order chi connectivity index (χ0) is 16.8. The molecule has 122 valence electrons. The van der Waals surface area contributed by atoms with Gasteiger partial charge in [0, 0.05) is 30.0 Å². The Bertz CT molecular complexity index is 690. The van der Waals surface area contributed by atoms with E-state index in [4.69, 9.17) is 5.11 Å². The van der Waals surface area contributed by atoms with Crippen LogP contribution in [0.3, 0.4) is 0 Å². The Morgan fingerprint density at radius 3 is 2.70 bits per heavy atom. The Morgan fingerprint density at radius 1 is 1.35 bits per heavy atom. The number of para-hydroxylation sites is 1. The van der Waals surface area contributed by atoms with E-state index >= 15 is 0 Å². The molecule has 5 nitrogen and oxygen atoms in total. The first-order chi connectivity index (χ1) is 11.0. The molecular formula is C18H23N3O2. The summed E-state index contributed by atoms with van der Waals surface area (Å²) in [7, 11) is 0. The second kappa shape index (κ2) is 7.74. The third-order valence-electron chi connectivity index (χ3n) is 3.70. The first-order valence-corrected chi connectivity index (χ1v) is 7.74. The third kappa shape index (κ3) is 4.29. The molecule has 0 aliphatic heterocycles. The Kier molecular flexibility index (Phi) is 5.71. The number of carbonyl (C=O) groups is 1. The van der Waals surface area contributed by atoms with Gasteiger partial charge >= 0.3 is 0 Å². The number of nitrogens with one attached hydrogen (secondary N) is 1. The summed E-state index contributed by atoms with van der Waals surface area (Å²) in [5.74, 6) is -0.169. The maximum absolute atomic E-state index is 11.9. The highest BCUT2D eigenvalue weighted by atomic mass is 16.3. The summed E-state index contributed by atoms with van der Waals surface area (Å²) in [4.78, 5) is 11.9. The van der Waals surface area contributed by atoms with Gasteiger partial charge in [0.1, 0.15) is 0 Å². The van der Waals surface area contributed by atoms with E-state index < -0.39 is 0 Å². The summed E-state index contributed by atoms with van der Waals surface area (Å²) in [5.41, 5.74) is 3.80. The van der Waals surface area contributed by atoms with Crippen molar-refractivity contribution in [1.29, 1.82) is 0 Å². The number of aryl methyl sites for hydroxylation is 1. The Balaban J connectivity index is 2.16. The van der Waals surface area contributed by atoms with Crippen LogP contribution in [-0.2, 0) is 4.79 Å². The number of carbonyl (C=O) groups excluding carboxylic acids is 1. The molecule has 1 heterocycles. The van der Waals surface area contributed by atoms with Gasteiger partial charge in [0.15, 0.2) is 0 Å². The zero-order valence-electron chi connectivity index (χ0n) is 13.8. The quantitative estimate of drug-likeness (QED) is 0.805. The van der Waals surface area contributed by atoms with Gasteiger partial charge in [-0.3, -0.25) is 4.79 Å². The first-order valence-electron chi connectivity index (χ1n) is 7.74. The van der Waals surface area contributed by atoms with Gasteiger partial charge in [0.25, 0.3) is 0 Å². The van der Waals surface area contributed by atoms with Gasteiger partial charge in [-0.05, 0) is 45.4 Å². The van der Waals surface area contributed by atoms with Crippen LogP contribution < -0.4 is 5.32 Å². The fourth-order valence-corrected chi connectivity index (χ4v) is 2.43. The summed E-state index contributed by atoms with van der Waals surface area (Å²) in [6.45, 7) is 5.84. The first kappa shape index (κ1) is 17.0. The van der Waals surface area contributed by atoms with Gasteiger partial charge in [-0.25, -0.2) is 4.68 Å². The van der Waals surface area contributed by atoms with Gasteiger partial charge in [-0.1, -0.05) is 18.2 Å². The molecule has 1 amide bonds. The number of aliphatic hydroxyl groups is 1. The molecule has 1 unspecified atom stereocenters. The molecule has 1 aromatic carbocycles. The van der Waals surface area contributed by atoms with Crippen LogP contribution >= 0.6 is 0 Å². The molecule has 2 aromatic rings. The van der Waals surface area contributed by atoms with Crippen LogP contribution in [0.25, 0.3) is 11.8 Å². The fraction of sp³-hybridized carbons (Fsp3) is 0.333. The Labute approximate surface area is 136 Å². The molecule has 0 fully saturated rings. The molecule has 0 spiro atoms. The Morgan fingerprint density at radius 2 is 2.04 bits per heavy atom. The SMILES string of the molecule is Cc1nn(-c2ccccc2)c(C)c1/C=C/C(=O)NC(C)CCO. The topological polar surface area (TPSA) is 67.2 Å². The lowest BCUT2D eigenvalue weighted by molar-refractivity contribution is -0.117. The molecule has 2 rings (SSSR count). The summed E-state index contributed by atoms with van der Waals surface area (Å²) in [6, 6.07) is 9.85. The average molecular weight is 313 g/mol. The van der Waals surface area contributed by atoms with Crippen molar-refractivity contribution in [3.8, 4) is 5.69 Å². The summed E-state index contributed by atoms with van der Waals surface area (Å²) >= 11 is 0. The van der Waals surface area contributed by atoms with Gasteiger partial charge in [0.2, 0.25) is 5.91 Å². The number of aromatic nitrogens is 2. The molecule has 0 bridgehead atoms.